The van der Waals surface area contributed by atoms with Gasteiger partial charge in [-0.3, -0.25) is 0 Å². The van der Waals surface area contributed by atoms with Gasteiger partial charge in [-0.05, 0) is 12.8 Å². The van der Waals surface area contributed by atoms with E-state index in [9.17, 15) is 9.70 Å². The van der Waals surface area contributed by atoms with Crippen LogP contribution in [0.5, 0.6) is 0 Å². The molecule has 4 nitrogen and oxygen atoms in total. The van der Waals surface area contributed by atoms with Crippen molar-refractivity contribution in [2.45, 2.75) is 51.4 Å². The Labute approximate surface area is 134 Å². The average Bonchev–Trinajstić information content (AvgIpc) is 2.15. The summed E-state index contributed by atoms with van der Waals surface area (Å²) in [5.74, 6) is 0. The summed E-state index contributed by atoms with van der Waals surface area (Å²) in [7, 11) is 0. The first-order valence-corrected chi connectivity index (χ1v) is 5.34. The Morgan fingerprint density at radius 2 is 1.40 bits per heavy atom. The summed E-state index contributed by atoms with van der Waals surface area (Å²) in [6.45, 7) is 0.213. The van der Waals surface area contributed by atoms with Gasteiger partial charge < -0.3 is 4.79 Å². The minimum atomic E-state index is -0.00984. The van der Waals surface area contributed by atoms with Crippen molar-refractivity contribution in [1.82, 2.24) is 0 Å². The van der Waals surface area contributed by atoms with E-state index in [1.807, 2.05) is 0 Å². The summed E-state index contributed by atoms with van der Waals surface area (Å²) >= 11 is 0. The van der Waals surface area contributed by atoms with Crippen LogP contribution in [-0.2, 0) is 4.79 Å². The molecule has 15 heavy (non-hydrogen) atoms. The number of carbonyl (C=O) groups is 1. The molecule has 0 bridgehead atoms. The summed E-state index contributed by atoms with van der Waals surface area (Å²) in [6, 6.07) is 0. The number of unbranched alkanes of at least 4 members (excludes halogenated alkanes) is 7. The fourth-order valence-corrected chi connectivity index (χ4v) is 1.36. The van der Waals surface area contributed by atoms with Crippen LogP contribution in [0.25, 0.3) is 0 Å². The molecule has 1 N–H and O–H groups in total. The third kappa shape index (κ3) is 17.3. The van der Waals surface area contributed by atoms with E-state index in [-0.39, 0.29) is 62.9 Å². The van der Waals surface area contributed by atoms with Crippen LogP contribution in [0.1, 0.15) is 51.4 Å². The normalized spacial score (nSPS) is 9.33. The summed E-state index contributed by atoms with van der Waals surface area (Å²) in [4.78, 5) is 20.1. The second-order valence-electron chi connectivity index (χ2n) is 3.51. The van der Waals surface area contributed by atoms with Gasteiger partial charge in [0, 0.05) is 12.8 Å². The molecule has 0 aromatic rings. The van der Waals surface area contributed by atoms with Crippen molar-refractivity contribution in [2.24, 2.45) is 0 Å². The van der Waals surface area contributed by atoms with E-state index in [1.165, 1.54) is 0 Å². The number of hydrogen-bond acceptors (Lipinski definition) is 2. The van der Waals surface area contributed by atoms with Gasteiger partial charge in [0.15, 0.2) is 0 Å². The zero-order valence-corrected chi connectivity index (χ0v) is 8.65. The maximum atomic E-state index is 10.1. The molecule has 0 atom stereocenters. The molecule has 0 aromatic heterocycles. The average molecular weight is 242 g/mol. The third-order valence-corrected chi connectivity index (χ3v) is 2.17. The molecule has 0 unspecified atom stereocenters. The van der Waals surface area contributed by atoms with Crippen LogP contribution < -0.4 is 0 Å². The van der Waals surface area contributed by atoms with Gasteiger partial charge in [0.2, 0.25) is 11.5 Å². The summed E-state index contributed by atoms with van der Waals surface area (Å²) in [5.41, 5.74) is 0. The molecule has 0 aromatic carbocycles. The number of rotatable bonds is 10. The van der Waals surface area contributed by atoms with Crippen LogP contribution in [0.2, 0.25) is 0 Å². The summed E-state index contributed by atoms with van der Waals surface area (Å²) < 4.78 is 0. The SMILES string of the molecule is O=CCCCCCCCCC[N+](=O)O.[KH]. The Morgan fingerprint density at radius 1 is 0.933 bits per heavy atom. The standard InChI is InChI=1S/C10H20NO3.K.H/c12-10-8-6-4-2-1-3-5-7-9-11(13)14;;/h10H,1-9H2,(H,13,14);;/q+1;;. The van der Waals surface area contributed by atoms with Crippen molar-refractivity contribution < 1.29 is 14.9 Å². The van der Waals surface area contributed by atoms with Crippen LogP contribution in [0.15, 0.2) is 0 Å². The van der Waals surface area contributed by atoms with Crippen LogP contribution in [-0.4, -0.2) is 74.3 Å². The predicted octanol–water partition coefficient (Wildman–Crippen LogP) is 1.83. The Balaban J connectivity index is 0. The van der Waals surface area contributed by atoms with Crippen LogP contribution in [0.4, 0.5) is 0 Å². The first kappa shape index (κ1) is 18.1. The van der Waals surface area contributed by atoms with Gasteiger partial charge in [0.05, 0.1) is 4.91 Å². The second kappa shape index (κ2) is 14.7. The van der Waals surface area contributed by atoms with Gasteiger partial charge in [-0.25, -0.2) is 5.21 Å². The molecule has 0 rings (SSSR count). The Morgan fingerprint density at radius 3 is 1.87 bits per heavy atom. The Kier molecular flexibility index (Phi) is 17.7. The van der Waals surface area contributed by atoms with Gasteiger partial charge in [-0.15, -0.1) is 0 Å². The van der Waals surface area contributed by atoms with Crippen molar-refractivity contribution in [3.63, 3.8) is 0 Å². The molecule has 0 aliphatic heterocycles. The molecule has 0 aliphatic rings. The fourth-order valence-electron chi connectivity index (χ4n) is 1.36. The van der Waals surface area contributed by atoms with E-state index in [2.05, 4.69) is 0 Å². The molecule has 0 saturated heterocycles. The third-order valence-electron chi connectivity index (χ3n) is 2.17. The van der Waals surface area contributed by atoms with Crippen molar-refractivity contribution in [3.05, 3.63) is 4.91 Å². The van der Waals surface area contributed by atoms with Gasteiger partial charge in [-0.2, -0.15) is 0 Å². The minimum absolute atomic E-state index is 0. The van der Waals surface area contributed by atoms with Crippen molar-refractivity contribution in [1.29, 1.82) is 0 Å². The molecule has 0 radical (unpaired) electrons. The first-order valence-electron chi connectivity index (χ1n) is 5.34. The van der Waals surface area contributed by atoms with E-state index < -0.39 is 0 Å². The van der Waals surface area contributed by atoms with Crippen molar-refractivity contribution in [2.75, 3.05) is 6.54 Å². The number of hydrogen-bond donors (Lipinski definition) is 1. The Bertz CT molecular complexity index is 165. The monoisotopic (exact) mass is 242 g/mol. The van der Waals surface area contributed by atoms with E-state index >= 15 is 0 Å². The zero-order chi connectivity index (χ0) is 10.6. The van der Waals surface area contributed by atoms with Gasteiger partial charge in [0.1, 0.15) is 6.29 Å². The molecule has 0 heterocycles. The van der Waals surface area contributed by atoms with Crippen LogP contribution in [0, 0.1) is 4.91 Å². The molecule has 0 amide bonds. The topological polar surface area (TPSA) is 57.4 Å². The maximum absolute atomic E-state index is 10.1. The first-order chi connectivity index (χ1) is 6.77. The van der Waals surface area contributed by atoms with Gasteiger partial charge >= 0.3 is 51.4 Å². The quantitative estimate of drug-likeness (QED) is 0.275. The van der Waals surface area contributed by atoms with Crippen LogP contribution in [0.3, 0.4) is 0 Å². The van der Waals surface area contributed by atoms with E-state index in [1.54, 1.807) is 0 Å². The summed E-state index contributed by atoms with van der Waals surface area (Å²) in [5, 5.41) is 8.30. The van der Waals surface area contributed by atoms with Gasteiger partial charge in [-0.1, -0.05) is 25.7 Å². The molecule has 5 heteroatoms. The number of nitrogens with zero attached hydrogens (tertiary/aromatic N) is 1. The molecule has 0 spiro atoms. The molecular weight excluding hydrogens is 221 g/mol. The molecule has 0 saturated carbocycles. The Hall–Kier alpha value is 0.706. The second-order valence-corrected chi connectivity index (χ2v) is 3.51. The van der Waals surface area contributed by atoms with E-state index in [0.29, 0.717) is 6.42 Å². The molecule has 84 valence electrons. The van der Waals surface area contributed by atoms with Crippen molar-refractivity contribution in [3.8, 4) is 0 Å². The molecular formula is C10H21KNO3+. The fraction of sp³-hybridized carbons (Fsp3) is 0.900. The van der Waals surface area contributed by atoms with Crippen LogP contribution >= 0.6 is 0 Å². The van der Waals surface area contributed by atoms with Gasteiger partial charge in [0.25, 0.3) is 0 Å². The van der Waals surface area contributed by atoms with E-state index in [0.717, 1.165) is 51.2 Å². The molecule has 0 fully saturated rings. The van der Waals surface area contributed by atoms with Crippen molar-refractivity contribution >= 4 is 57.7 Å². The number of carbonyl (C=O) groups excluding carboxylic acids is 1. The predicted molar refractivity (Wildman–Crippen MR) is 60.4 cm³/mol. The molecule has 0 aliphatic carbocycles. The van der Waals surface area contributed by atoms with E-state index in [4.69, 9.17) is 5.21 Å². The zero-order valence-electron chi connectivity index (χ0n) is 8.65. The number of aldehydes is 1. The summed E-state index contributed by atoms with van der Waals surface area (Å²) in [6.07, 6.45) is 8.92.